The van der Waals surface area contributed by atoms with Gasteiger partial charge in [0.1, 0.15) is 0 Å². The lowest BCUT2D eigenvalue weighted by Gasteiger charge is -2.20. The number of hydrogen-bond donors (Lipinski definition) is 1. The highest BCUT2D eigenvalue weighted by Gasteiger charge is 2.73. The second kappa shape index (κ2) is 0.968. The summed E-state index contributed by atoms with van der Waals surface area (Å²) >= 11 is 0. The molecule has 4 bridgehead atoms. The van der Waals surface area contributed by atoms with Crippen molar-refractivity contribution < 1.29 is 5.11 Å². The summed E-state index contributed by atoms with van der Waals surface area (Å²) in [6.07, 6.45) is 2.67. The predicted octanol–water partition coefficient (Wildman–Crippen LogP) is 1.02. The van der Waals surface area contributed by atoms with Gasteiger partial charge in [0.25, 0.3) is 0 Å². The van der Waals surface area contributed by atoms with Gasteiger partial charge in [-0.25, -0.2) is 0 Å². The lowest BCUT2D eigenvalue weighted by Crippen LogP contribution is -2.28. The maximum absolute atomic E-state index is 9.81. The minimum absolute atomic E-state index is 0.241. The Labute approximate surface area is 55.1 Å². The maximum Gasteiger partial charge on any atom is 0.0681 e. The number of hydrogen-bond acceptors (Lipinski definition) is 1. The number of aliphatic hydroxyl groups is 1. The SMILES string of the molecule is C[C@@]1(O)C2C[C@H]3C1[C@@H]3C2. The van der Waals surface area contributed by atoms with E-state index in [4.69, 9.17) is 0 Å². The van der Waals surface area contributed by atoms with Gasteiger partial charge < -0.3 is 5.11 Å². The molecule has 1 nitrogen and oxygen atoms in total. The van der Waals surface area contributed by atoms with E-state index in [1.165, 1.54) is 12.8 Å². The minimum atomic E-state index is -0.241. The first-order valence-electron chi connectivity index (χ1n) is 3.93. The molecule has 0 aromatic carbocycles. The second-order valence-corrected chi connectivity index (χ2v) is 4.25. The predicted molar refractivity (Wildman–Crippen MR) is 33.8 cm³/mol. The molecule has 0 unspecified atom stereocenters. The smallest absolute Gasteiger partial charge is 0.0681 e. The topological polar surface area (TPSA) is 20.2 Å². The van der Waals surface area contributed by atoms with Gasteiger partial charge in [0.15, 0.2) is 0 Å². The van der Waals surface area contributed by atoms with E-state index in [1.807, 2.05) is 6.92 Å². The molecule has 0 aliphatic heterocycles. The second-order valence-electron chi connectivity index (χ2n) is 4.25. The highest BCUT2D eigenvalue weighted by molar-refractivity contribution is 5.22. The van der Waals surface area contributed by atoms with Crippen LogP contribution in [0.5, 0.6) is 0 Å². The zero-order chi connectivity index (χ0) is 6.22. The first kappa shape index (κ1) is 4.73. The van der Waals surface area contributed by atoms with E-state index in [1.54, 1.807) is 0 Å². The van der Waals surface area contributed by atoms with Crippen LogP contribution in [0, 0.1) is 23.7 Å². The molecule has 1 N–H and O–H groups in total. The first-order chi connectivity index (χ1) is 4.21. The zero-order valence-corrected chi connectivity index (χ0v) is 5.67. The summed E-state index contributed by atoms with van der Waals surface area (Å²) in [5, 5.41) is 9.81. The Bertz CT molecular complexity index is 157. The van der Waals surface area contributed by atoms with Gasteiger partial charge in [0, 0.05) is 0 Å². The van der Waals surface area contributed by atoms with Gasteiger partial charge in [-0.1, -0.05) is 0 Å². The van der Waals surface area contributed by atoms with Crippen LogP contribution in [0.1, 0.15) is 19.8 Å². The average Bonchev–Trinajstić information content (AvgIpc) is 2.17. The molecule has 0 heterocycles. The molecule has 50 valence electrons. The van der Waals surface area contributed by atoms with E-state index in [9.17, 15) is 5.11 Å². The van der Waals surface area contributed by atoms with E-state index in [2.05, 4.69) is 0 Å². The largest absolute Gasteiger partial charge is 0.390 e. The molecule has 0 aromatic rings. The highest BCUT2D eigenvalue weighted by Crippen LogP contribution is 2.74. The van der Waals surface area contributed by atoms with E-state index in [0.717, 1.165) is 17.8 Å². The average molecular weight is 124 g/mol. The van der Waals surface area contributed by atoms with Crippen LogP contribution in [0.3, 0.4) is 0 Å². The van der Waals surface area contributed by atoms with Gasteiger partial charge >= 0.3 is 0 Å². The van der Waals surface area contributed by atoms with Gasteiger partial charge in [-0.05, 0) is 43.4 Å². The Morgan fingerprint density at radius 3 is 2.00 bits per heavy atom. The molecule has 9 heavy (non-hydrogen) atoms. The van der Waals surface area contributed by atoms with Crippen molar-refractivity contribution in [2.45, 2.75) is 25.4 Å². The summed E-state index contributed by atoms with van der Waals surface area (Å²) < 4.78 is 0. The quantitative estimate of drug-likeness (QED) is 0.511. The van der Waals surface area contributed by atoms with Crippen LogP contribution in [-0.2, 0) is 0 Å². The fraction of sp³-hybridized carbons (Fsp3) is 1.00. The van der Waals surface area contributed by atoms with Crippen molar-refractivity contribution in [1.82, 2.24) is 0 Å². The minimum Gasteiger partial charge on any atom is -0.390 e. The Kier molecular flexibility index (Phi) is 0.508. The monoisotopic (exact) mass is 124 g/mol. The molecule has 1 heteroatoms. The van der Waals surface area contributed by atoms with Crippen molar-refractivity contribution in [3.63, 3.8) is 0 Å². The molecule has 0 radical (unpaired) electrons. The summed E-state index contributed by atoms with van der Waals surface area (Å²) in [6.45, 7) is 2.04. The standard InChI is InChI=1S/C8H12O/c1-8(9)4-2-5-6(3-4)7(5)8/h4-7,9H,2-3H2,1H3/t4?,5-,6-,7?,8-/m1/s1. The Morgan fingerprint density at radius 1 is 1.33 bits per heavy atom. The van der Waals surface area contributed by atoms with Crippen molar-refractivity contribution in [2.24, 2.45) is 23.7 Å². The summed E-state index contributed by atoms with van der Waals surface area (Å²) in [6, 6.07) is 0. The fourth-order valence-electron chi connectivity index (χ4n) is 3.46. The molecule has 0 amide bonds. The Balaban J connectivity index is 2.12. The lowest BCUT2D eigenvalue weighted by molar-refractivity contribution is 0.0213. The third kappa shape index (κ3) is 0.315. The first-order valence-corrected chi connectivity index (χ1v) is 3.93. The van der Waals surface area contributed by atoms with Gasteiger partial charge in [0.05, 0.1) is 5.60 Å². The summed E-state index contributed by atoms with van der Waals surface area (Å²) in [7, 11) is 0. The lowest BCUT2D eigenvalue weighted by atomic mass is 9.95. The summed E-state index contributed by atoms with van der Waals surface area (Å²) in [5.41, 5.74) is -0.241. The normalized spacial score (nSPS) is 75.3. The highest BCUT2D eigenvalue weighted by atomic mass is 16.3. The van der Waals surface area contributed by atoms with Crippen molar-refractivity contribution in [2.75, 3.05) is 0 Å². The Morgan fingerprint density at radius 2 is 1.89 bits per heavy atom. The van der Waals surface area contributed by atoms with E-state index < -0.39 is 0 Å². The molecule has 4 rings (SSSR count). The van der Waals surface area contributed by atoms with Crippen molar-refractivity contribution in [3.05, 3.63) is 0 Å². The third-order valence-electron chi connectivity index (χ3n) is 3.95. The van der Waals surface area contributed by atoms with Crippen molar-refractivity contribution >= 4 is 0 Å². The molecule has 4 saturated carbocycles. The van der Waals surface area contributed by atoms with Crippen LogP contribution in [-0.4, -0.2) is 10.7 Å². The van der Waals surface area contributed by atoms with E-state index in [-0.39, 0.29) is 5.60 Å². The molecule has 0 saturated heterocycles. The van der Waals surface area contributed by atoms with Crippen LogP contribution in [0.15, 0.2) is 0 Å². The van der Waals surface area contributed by atoms with Crippen molar-refractivity contribution in [1.29, 1.82) is 0 Å². The molecular weight excluding hydrogens is 112 g/mol. The van der Waals surface area contributed by atoms with Crippen molar-refractivity contribution in [3.8, 4) is 0 Å². The molecule has 4 fully saturated rings. The summed E-state index contributed by atoms with van der Waals surface area (Å²) in [4.78, 5) is 0. The molecular formula is C8H12O. The molecule has 0 aromatic heterocycles. The molecule has 4 aliphatic rings. The third-order valence-corrected chi connectivity index (χ3v) is 3.95. The van der Waals surface area contributed by atoms with Crippen LogP contribution >= 0.6 is 0 Å². The molecule has 3 atom stereocenters. The van der Waals surface area contributed by atoms with Gasteiger partial charge in [-0.15, -0.1) is 0 Å². The Hall–Kier alpha value is -0.0400. The maximum atomic E-state index is 9.81. The van der Waals surface area contributed by atoms with Crippen LogP contribution < -0.4 is 0 Å². The van der Waals surface area contributed by atoms with Gasteiger partial charge in [0.2, 0.25) is 0 Å². The van der Waals surface area contributed by atoms with Crippen LogP contribution in [0.4, 0.5) is 0 Å². The van der Waals surface area contributed by atoms with Gasteiger partial charge in [-0.3, -0.25) is 0 Å². The molecule has 0 spiro atoms. The van der Waals surface area contributed by atoms with Crippen LogP contribution in [0.25, 0.3) is 0 Å². The van der Waals surface area contributed by atoms with E-state index in [0.29, 0.717) is 5.92 Å². The van der Waals surface area contributed by atoms with Gasteiger partial charge in [-0.2, -0.15) is 0 Å². The zero-order valence-electron chi connectivity index (χ0n) is 5.67. The van der Waals surface area contributed by atoms with Crippen LogP contribution in [0.2, 0.25) is 0 Å². The molecule has 4 aliphatic carbocycles. The van der Waals surface area contributed by atoms with E-state index >= 15 is 0 Å². The fourth-order valence-corrected chi connectivity index (χ4v) is 3.46. The number of rotatable bonds is 0. The summed E-state index contributed by atoms with van der Waals surface area (Å²) in [5.74, 6) is 3.30.